The van der Waals surface area contributed by atoms with Crippen molar-refractivity contribution in [1.82, 2.24) is 5.32 Å². The van der Waals surface area contributed by atoms with Gasteiger partial charge in [-0.2, -0.15) is 0 Å². The summed E-state index contributed by atoms with van der Waals surface area (Å²) >= 11 is 3.57. The monoisotopic (exact) mass is 345 g/mol. The maximum Gasteiger partial charge on any atom is 0.120 e. The molecule has 0 amide bonds. The molecule has 0 aliphatic rings. The van der Waals surface area contributed by atoms with Gasteiger partial charge in [-0.25, -0.2) is 0 Å². The van der Waals surface area contributed by atoms with E-state index in [0.717, 1.165) is 23.2 Å². The second-order valence-corrected chi connectivity index (χ2v) is 5.36. The minimum Gasteiger partial charge on any atom is -0.491 e. The lowest BCUT2D eigenvalue weighted by Gasteiger charge is -2.14. The van der Waals surface area contributed by atoms with E-state index in [4.69, 9.17) is 14.2 Å². The fraction of sp³-hybridized carbons (Fsp3) is 0.600. The number of halogens is 1. The van der Waals surface area contributed by atoms with E-state index in [9.17, 15) is 0 Å². The van der Waals surface area contributed by atoms with Gasteiger partial charge in [0, 0.05) is 30.8 Å². The van der Waals surface area contributed by atoms with Gasteiger partial charge in [-0.05, 0) is 38.1 Å². The van der Waals surface area contributed by atoms with Gasteiger partial charge in [0.15, 0.2) is 0 Å². The van der Waals surface area contributed by atoms with Gasteiger partial charge >= 0.3 is 0 Å². The van der Waals surface area contributed by atoms with Crippen LogP contribution in [0.4, 0.5) is 0 Å². The molecule has 4 nitrogen and oxygen atoms in total. The van der Waals surface area contributed by atoms with E-state index < -0.39 is 0 Å². The van der Waals surface area contributed by atoms with Gasteiger partial charge in [-0.3, -0.25) is 0 Å². The van der Waals surface area contributed by atoms with Crippen LogP contribution in [0.15, 0.2) is 22.7 Å². The SMILES string of the molecule is CNC(C)c1ccc(OCCOCCCOC)cc1Br. The highest BCUT2D eigenvalue weighted by Crippen LogP contribution is 2.27. The molecule has 1 atom stereocenters. The summed E-state index contributed by atoms with van der Waals surface area (Å²) in [4.78, 5) is 0. The number of rotatable bonds is 10. The fourth-order valence-corrected chi connectivity index (χ4v) is 2.43. The van der Waals surface area contributed by atoms with Crippen molar-refractivity contribution in [3.63, 3.8) is 0 Å². The van der Waals surface area contributed by atoms with Crippen LogP contribution in [0.25, 0.3) is 0 Å². The Morgan fingerprint density at radius 3 is 2.65 bits per heavy atom. The third-order valence-corrected chi connectivity index (χ3v) is 3.69. The second kappa shape index (κ2) is 10.2. The lowest BCUT2D eigenvalue weighted by atomic mass is 10.1. The van der Waals surface area contributed by atoms with Crippen LogP contribution in [0, 0.1) is 0 Å². The average Bonchev–Trinajstić information content (AvgIpc) is 2.45. The summed E-state index contributed by atoms with van der Waals surface area (Å²) in [5.74, 6) is 0.851. The van der Waals surface area contributed by atoms with Crippen molar-refractivity contribution in [2.24, 2.45) is 0 Å². The van der Waals surface area contributed by atoms with Gasteiger partial charge in [0.05, 0.1) is 6.61 Å². The zero-order valence-corrected chi connectivity index (χ0v) is 14.0. The summed E-state index contributed by atoms with van der Waals surface area (Å²) in [5.41, 5.74) is 1.22. The minimum absolute atomic E-state index is 0.308. The molecule has 1 aromatic rings. The van der Waals surface area contributed by atoms with Crippen LogP contribution >= 0.6 is 15.9 Å². The van der Waals surface area contributed by atoms with Crippen LogP contribution < -0.4 is 10.1 Å². The number of hydrogen-bond acceptors (Lipinski definition) is 4. The number of hydrogen-bond donors (Lipinski definition) is 1. The molecule has 1 rings (SSSR count). The minimum atomic E-state index is 0.308. The Hall–Kier alpha value is -0.620. The third kappa shape index (κ3) is 6.22. The topological polar surface area (TPSA) is 39.7 Å². The van der Waals surface area contributed by atoms with E-state index in [2.05, 4.69) is 34.2 Å². The molecular weight excluding hydrogens is 322 g/mol. The highest BCUT2D eigenvalue weighted by Gasteiger charge is 2.08. The fourth-order valence-electron chi connectivity index (χ4n) is 1.73. The van der Waals surface area contributed by atoms with Crippen molar-refractivity contribution >= 4 is 15.9 Å². The zero-order valence-electron chi connectivity index (χ0n) is 12.4. The molecule has 0 bridgehead atoms. The molecule has 1 aromatic carbocycles. The lowest BCUT2D eigenvalue weighted by Crippen LogP contribution is -2.13. The van der Waals surface area contributed by atoms with Crippen LogP contribution in [-0.4, -0.2) is 40.6 Å². The Kier molecular flexibility index (Phi) is 8.85. The van der Waals surface area contributed by atoms with Crippen LogP contribution in [0.3, 0.4) is 0 Å². The highest BCUT2D eigenvalue weighted by molar-refractivity contribution is 9.10. The maximum absolute atomic E-state index is 5.66. The quantitative estimate of drug-likeness (QED) is 0.661. The third-order valence-electron chi connectivity index (χ3n) is 3.00. The molecule has 0 aliphatic carbocycles. The predicted octanol–water partition coefficient (Wildman–Crippen LogP) is 3.16. The summed E-state index contributed by atoms with van der Waals surface area (Å²) < 4.78 is 17.1. The van der Waals surface area contributed by atoms with E-state index in [1.165, 1.54) is 5.56 Å². The van der Waals surface area contributed by atoms with Gasteiger partial charge in [-0.1, -0.05) is 22.0 Å². The summed E-state index contributed by atoms with van der Waals surface area (Å²) in [7, 11) is 3.64. The smallest absolute Gasteiger partial charge is 0.120 e. The van der Waals surface area contributed by atoms with Crippen molar-refractivity contribution in [3.05, 3.63) is 28.2 Å². The van der Waals surface area contributed by atoms with Gasteiger partial charge in [0.2, 0.25) is 0 Å². The molecule has 0 aromatic heterocycles. The molecule has 1 N–H and O–H groups in total. The van der Waals surface area contributed by atoms with Crippen LogP contribution in [-0.2, 0) is 9.47 Å². The van der Waals surface area contributed by atoms with E-state index in [1.54, 1.807) is 7.11 Å². The van der Waals surface area contributed by atoms with Crippen LogP contribution in [0.5, 0.6) is 5.75 Å². The standard InChI is InChI=1S/C15H24BrNO3/c1-12(17-2)14-6-5-13(11-15(14)16)20-10-9-19-8-4-7-18-3/h5-6,11-12,17H,4,7-10H2,1-3H3. The Labute approximate surface area is 129 Å². The molecule has 0 saturated carbocycles. The Morgan fingerprint density at radius 2 is 2.00 bits per heavy atom. The average molecular weight is 346 g/mol. The highest BCUT2D eigenvalue weighted by atomic mass is 79.9. The normalized spacial score (nSPS) is 12.4. The Bertz CT molecular complexity index is 387. The zero-order chi connectivity index (χ0) is 14.8. The summed E-state index contributed by atoms with van der Waals surface area (Å²) in [6.07, 6.45) is 0.915. The molecule has 20 heavy (non-hydrogen) atoms. The van der Waals surface area contributed by atoms with Crippen molar-refractivity contribution in [2.45, 2.75) is 19.4 Å². The van der Waals surface area contributed by atoms with E-state index in [-0.39, 0.29) is 0 Å². The first-order chi connectivity index (χ1) is 9.69. The van der Waals surface area contributed by atoms with Crippen molar-refractivity contribution in [1.29, 1.82) is 0 Å². The van der Waals surface area contributed by atoms with Crippen molar-refractivity contribution < 1.29 is 14.2 Å². The predicted molar refractivity (Wildman–Crippen MR) is 84.4 cm³/mol. The summed E-state index contributed by atoms with van der Waals surface area (Å²) in [6, 6.07) is 6.36. The molecule has 0 spiro atoms. The van der Waals surface area contributed by atoms with Crippen LogP contribution in [0.2, 0.25) is 0 Å². The van der Waals surface area contributed by atoms with E-state index >= 15 is 0 Å². The molecule has 0 heterocycles. The first kappa shape index (κ1) is 17.4. The van der Waals surface area contributed by atoms with Gasteiger partial charge in [-0.15, -0.1) is 0 Å². The molecule has 0 aliphatic heterocycles. The van der Waals surface area contributed by atoms with Gasteiger partial charge in [0.25, 0.3) is 0 Å². The van der Waals surface area contributed by atoms with Gasteiger partial charge in [0.1, 0.15) is 12.4 Å². The number of ether oxygens (including phenoxy) is 3. The molecule has 114 valence electrons. The molecule has 0 saturated heterocycles. The van der Waals surface area contributed by atoms with Crippen LogP contribution in [0.1, 0.15) is 24.9 Å². The molecule has 0 fully saturated rings. The van der Waals surface area contributed by atoms with Crippen molar-refractivity contribution in [3.8, 4) is 5.75 Å². The Balaban J connectivity index is 2.29. The first-order valence-corrected chi connectivity index (χ1v) is 7.64. The molecule has 1 unspecified atom stereocenters. The largest absolute Gasteiger partial charge is 0.491 e. The molecule has 0 radical (unpaired) electrons. The summed E-state index contributed by atoms with van der Waals surface area (Å²) in [5, 5.41) is 3.22. The second-order valence-electron chi connectivity index (χ2n) is 4.50. The summed E-state index contributed by atoms with van der Waals surface area (Å²) in [6.45, 7) is 4.71. The number of benzene rings is 1. The van der Waals surface area contributed by atoms with Crippen molar-refractivity contribution in [2.75, 3.05) is 40.6 Å². The molecular formula is C15H24BrNO3. The van der Waals surface area contributed by atoms with E-state index in [1.807, 2.05) is 19.2 Å². The number of methoxy groups -OCH3 is 1. The first-order valence-electron chi connectivity index (χ1n) is 6.85. The number of nitrogens with one attached hydrogen (secondary N) is 1. The Morgan fingerprint density at radius 1 is 1.20 bits per heavy atom. The lowest BCUT2D eigenvalue weighted by molar-refractivity contribution is 0.0806. The molecule has 5 heteroatoms. The van der Waals surface area contributed by atoms with E-state index in [0.29, 0.717) is 25.9 Å². The maximum atomic E-state index is 5.66. The van der Waals surface area contributed by atoms with Gasteiger partial charge < -0.3 is 19.5 Å².